The largest absolute Gasteiger partial charge is 0.103 e. The van der Waals surface area contributed by atoms with E-state index in [1.54, 1.807) is 0 Å². The molecule has 4 aromatic carbocycles. The van der Waals surface area contributed by atoms with Crippen LogP contribution in [0.25, 0.3) is 11.1 Å². The summed E-state index contributed by atoms with van der Waals surface area (Å²) >= 11 is 0. The molecule has 236 valence electrons. The van der Waals surface area contributed by atoms with Crippen molar-refractivity contribution in [2.24, 2.45) is 11.3 Å². The lowest BCUT2D eigenvalue weighted by molar-refractivity contribution is 0.418. The molecule has 2 aliphatic rings. The van der Waals surface area contributed by atoms with Gasteiger partial charge >= 0.3 is 0 Å². The minimum atomic E-state index is -0.419. The van der Waals surface area contributed by atoms with E-state index in [4.69, 9.17) is 0 Å². The molecule has 0 aromatic heterocycles. The van der Waals surface area contributed by atoms with Crippen molar-refractivity contribution < 1.29 is 0 Å². The zero-order valence-electron chi connectivity index (χ0n) is 29.4. The van der Waals surface area contributed by atoms with E-state index in [1.165, 1.54) is 55.6 Å². The van der Waals surface area contributed by atoms with Gasteiger partial charge in [0, 0.05) is 5.92 Å². The van der Waals surface area contributed by atoms with Crippen LogP contribution in [0.2, 0.25) is 0 Å². The summed E-state index contributed by atoms with van der Waals surface area (Å²) in [7, 11) is 0. The highest BCUT2D eigenvalue weighted by Gasteiger charge is 2.48. The quantitative estimate of drug-likeness (QED) is 0.122. The van der Waals surface area contributed by atoms with E-state index >= 15 is 0 Å². The van der Waals surface area contributed by atoms with Crippen molar-refractivity contribution in [2.75, 3.05) is 0 Å². The topological polar surface area (TPSA) is 0 Å². The Kier molecular flexibility index (Phi) is 8.17. The molecule has 6 rings (SSSR count). The van der Waals surface area contributed by atoms with Gasteiger partial charge in [-0.25, -0.2) is 0 Å². The minimum absolute atomic E-state index is 0.0530. The van der Waals surface area contributed by atoms with E-state index in [9.17, 15) is 0 Å². The molecular weight excluding hydrogens is 553 g/mol. The second-order valence-corrected chi connectivity index (χ2v) is 16.3. The van der Waals surface area contributed by atoms with Crippen LogP contribution in [0.4, 0.5) is 0 Å². The summed E-state index contributed by atoms with van der Waals surface area (Å²) in [6.45, 7) is 23.0. The summed E-state index contributed by atoms with van der Waals surface area (Å²) < 4.78 is 0. The Morgan fingerprint density at radius 2 is 1.30 bits per heavy atom. The predicted molar refractivity (Wildman–Crippen MR) is 199 cm³/mol. The SMILES string of the molecule is C=CCCC(C)(C)C1=CC(C(c2ccccc2)(c2ccccc2)c2c(C(C)(C)C)ccc3c2Cc2cc(C(C)(C)C)ccc2-3)C=C1. The van der Waals surface area contributed by atoms with Gasteiger partial charge < -0.3 is 0 Å². The molecule has 0 saturated heterocycles. The molecule has 0 fully saturated rings. The molecule has 0 amide bonds. The zero-order valence-corrected chi connectivity index (χ0v) is 29.4. The Labute approximate surface area is 279 Å². The van der Waals surface area contributed by atoms with Crippen LogP contribution in [-0.2, 0) is 22.7 Å². The third-order valence-corrected chi connectivity index (χ3v) is 10.7. The maximum Gasteiger partial charge on any atom is 0.0554 e. The minimum Gasteiger partial charge on any atom is -0.103 e. The monoisotopic (exact) mass is 604 g/mol. The van der Waals surface area contributed by atoms with Gasteiger partial charge in [0.2, 0.25) is 0 Å². The summed E-state index contributed by atoms with van der Waals surface area (Å²) in [5.41, 5.74) is 13.9. The Balaban J connectivity index is 1.71. The number of allylic oxidation sites excluding steroid dienone is 5. The summed E-state index contributed by atoms with van der Waals surface area (Å²) in [6, 6.07) is 34.9. The van der Waals surface area contributed by atoms with Crippen molar-refractivity contribution in [2.45, 2.75) is 90.9 Å². The van der Waals surface area contributed by atoms with E-state index in [-0.39, 0.29) is 22.2 Å². The molecule has 1 unspecified atom stereocenters. The average Bonchev–Trinajstić information content (AvgIpc) is 3.67. The van der Waals surface area contributed by atoms with Gasteiger partial charge in [0.05, 0.1) is 5.41 Å². The predicted octanol–water partition coefficient (Wildman–Crippen LogP) is 12.3. The molecule has 1 atom stereocenters. The third kappa shape index (κ3) is 5.45. The first-order valence-electron chi connectivity index (χ1n) is 17.2. The number of benzene rings is 4. The van der Waals surface area contributed by atoms with Gasteiger partial charge in [-0.15, -0.1) is 6.58 Å². The van der Waals surface area contributed by atoms with Crippen LogP contribution in [0.15, 0.2) is 127 Å². The summed E-state index contributed by atoms with van der Waals surface area (Å²) in [5.74, 6) is 0.150. The Morgan fingerprint density at radius 3 is 1.87 bits per heavy atom. The Hall–Kier alpha value is -3.90. The highest BCUT2D eigenvalue weighted by Crippen LogP contribution is 2.56. The molecular formula is C46H52. The van der Waals surface area contributed by atoms with Crippen LogP contribution in [0.1, 0.15) is 107 Å². The van der Waals surface area contributed by atoms with Gasteiger partial charge in [-0.05, 0) is 91.2 Å². The number of fused-ring (bicyclic) bond motifs is 3. The second kappa shape index (κ2) is 11.7. The molecule has 0 bridgehead atoms. The van der Waals surface area contributed by atoms with Gasteiger partial charge in [0.25, 0.3) is 0 Å². The lowest BCUT2D eigenvalue weighted by atomic mass is 9.58. The standard InChI is InChI=1S/C46H52/c1-10-11-28-45(8,9)36-22-23-37(31-36)46(33-18-14-12-15-19-33,34-20-16-13-17-21-34)42-40-30-32-29-35(43(2,3)4)24-25-38(32)39(40)26-27-41(42)44(5,6)7/h10,12-27,29,31,37H,1,11,28,30H2,2-9H3. The molecule has 46 heavy (non-hydrogen) atoms. The lowest BCUT2D eigenvalue weighted by Gasteiger charge is -2.44. The highest BCUT2D eigenvalue weighted by atomic mass is 14.5. The molecule has 2 aliphatic carbocycles. The van der Waals surface area contributed by atoms with Crippen molar-refractivity contribution >= 4 is 0 Å². The molecule has 0 N–H and O–H groups in total. The molecule has 0 spiro atoms. The van der Waals surface area contributed by atoms with Crippen LogP contribution in [-0.4, -0.2) is 0 Å². The van der Waals surface area contributed by atoms with E-state index < -0.39 is 5.41 Å². The van der Waals surface area contributed by atoms with Crippen LogP contribution in [0.5, 0.6) is 0 Å². The van der Waals surface area contributed by atoms with Crippen molar-refractivity contribution in [3.05, 3.63) is 166 Å². The van der Waals surface area contributed by atoms with Crippen LogP contribution in [0, 0.1) is 11.3 Å². The van der Waals surface area contributed by atoms with E-state index in [0.29, 0.717) is 0 Å². The third-order valence-electron chi connectivity index (χ3n) is 10.7. The first-order chi connectivity index (χ1) is 21.8. The molecule has 4 aromatic rings. The Morgan fingerprint density at radius 1 is 0.696 bits per heavy atom. The fourth-order valence-electron chi connectivity index (χ4n) is 8.07. The van der Waals surface area contributed by atoms with Gasteiger partial charge in [-0.3, -0.25) is 0 Å². The smallest absolute Gasteiger partial charge is 0.0554 e. The van der Waals surface area contributed by atoms with E-state index in [0.717, 1.165) is 19.3 Å². The molecule has 0 aliphatic heterocycles. The maximum atomic E-state index is 4.03. The van der Waals surface area contributed by atoms with Crippen molar-refractivity contribution in [3.63, 3.8) is 0 Å². The average molecular weight is 605 g/mol. The first-order valence-corrected chi connectivity index (χ1v) is 17.2. The molecule has 0 nitrogen and oxygen atoms in total. The van der Waals surface area contributed by atoms with Gasteiger partial charge in [-0.1, -0.05) is 171 Å². The fourth-order valence-corrected chi connectivity index (χ4v) is 8.07. The number of rotatable bonds is 8. The van der Waals surface area contributed by atoms with Crippen LogP contribution < -0.4 is 0 Å². The Bertz CT molecular complexity index is 1760. The summed E-state index contributed by atoms with van der Waals surface area (Å²) in [4.78, 5) is 0. The number of hydrogen-bond donors (Lipinski definition) is 0. The van der Waals surface area contributed by atoms with Gasteiger partial charge in [-0.2, -0.15) is 0 Å². The van der Waals surface area contributed by atoms with E-state index in [1.807, 2.05) is 0 Å². The van der Waals surface area contributed by atoms with E-state index in [2.05, 4.69) is 177 Å². The summed E-state index contributed by atoms with van der Waals surface area (Å²) in [6.07, 6.45) is 12.7. The number of hydrogen-bond acceptors (Lipinski definition) is 0. The van der Waals surface area contributed by atoms with Crippen molar-refractivity contribution in [3.8, 4) is 11.1 Å². The van der Waals surface area contributed by atoms with Gasteiger partial charge in [0.1, 0.15) is 0 Å². The van der Waals surface area contributed by atoms with Crippen LogP contribution >= 0.6 is 0 Å². The normalized spacial score (nSPS) is 16.3. The zero-order chi connectivity index (χ0) is 32.9. The fraction of sp³-hybridized carbons (Fsp3) is 0.348. The van der Waals surface area contributed by atoms with Crippen molar-refractivity contribution in [1.29, 1.82) is 0 Å². The molecule has 0 heterocycles. The molecule has 0 heteroatoms. The summed E-state index contributed by atoms with van der Waals surface area (Å²) in [5, 5.41) is 0. The molecule has 0 radical (unpaired) electrons. The van der Waals surface area contributed by atoms with Crippen LogP contribution in [0.3, 0.4) is 0 Å². The second-order valence-electron chi connectivity index (χ2n) is 16.3. The highest BCUT2D eigenvalue weighted by molar-refractivity contribution is 5.81. The lowest BCUT2D eigenvalue weighted by Crippen LogP contribution is -2.39. The first kappa shape index (κ1) is 32.1. The van der Waals surface area contributed by atoms with Gasteiger partial charge in [0.15, 0.2) is 0 Å². The molecule has 0 saturated carbocycles. The van der Waals surface area contributed by atoms with Crippen molar-refractivity contribution in [1.82, 2.24) is 0 Å². The maximum absolute atomic E-state index is 4.03.